The molecule has 1 amide bonds. The summed E-state index contributed by atoms with van der Waals surface area (Å²) >= 11 is 3.58. The molecule has 0 radical (unpaired) electrons. The lowest BCUT2D eigenvalue weighted by molar-refractivity contribution is 0.0953. The maximum atomic E-state index is 12.0. The Bertz CT molecular complexity index is 415. The predicted molar refractivity (Wildman–Crippen MR) is 86.7 cm³/mol. The molecule has 4 heteroatoms. The van der Waals surface area contributed by atoms with Crippen LogP contribution in [-0.2, 0) is 0 Å². The number of carbonyl (C=O) groups is 1. The SMILES string of the molecule is CC(C)CC(Br)CNC(=O)c1ccc(OC(C)C)cc1. The summed E-state index contributed by atoms with van der Waals surface area (Å²) in [5.41, 5.74) is 0.658. The van der Waals surface area contributed by atoms with E-state index in [9.17, 15) is 4.79 Å². The van der Waals surface area contributed by atoms with Crippen LogP contribution < -0.4 is 10.1 Å². The molecule has 0 aliphatic heterocycles. The maximum Gasteiger partial charge on any atom is 0.251 e. The average molecular weight is 342 g/mol. The fourth-order valence-electron chi connectivity index (χ4n) is 1.86. The van der Waals surface area contributed by atoms with Crippen molar-refractivity contribution in [2.24, 2.45) is 5.92 Å². The highest BCUT2D eigenvalue weighted by atomic mass is 79.9. The standard InChI is InChI=1S/C16H24BrNO2/c1-11(2)9-14(17)10-18-16(19)13-5-7-15(8-6-13)20-12(3)4/h5-8,11-12,14H,9-10H2,1-4H3,(H,18,19). The van der Waals surface area contributed by atoms with Gasteiger partial charge in [0, 0.05) is 16.9 Å². The smallest absolute Gasteiger partial charge is 0.251 e. The summed E-state index contributed by atoms with van der Waals surface area (Å²) < 4.78 is 5.55. The minimum absolute atomic E-state index is 0.0469. The molecular weight excluding hydrogens is 318 g/mol. The molecule has 3 nitrogen and oxygen atoms in total. The number of nitrogens with one attached hydrogen (secondary N) is 1. The van der Waals surface area contributed by atoms with E-state index in [4.69, 9.17) is 4.74 Å². The van der Waals surface area contributed by atoms with E-state index in [0.717, 1.165) is 12.2 Å². The monoisotopic (exact) mass is 341 g/mol. The summed E-state index contributed by atoms with van der Waals surface area (Å²) in [7, 11) is 0. The summed E-state index contributed by atoms with van der Waals surface area (Å²) in [5.74, 6) is 1.35. The quantitative estimate of drug-likeness (QED) is 0.761. The molecule has 1 aromatic carbocycles. The van der Waals surface area contributed by atoms with Crippen LogP contribution in [0.2, 0.25) is 0 Å². The molecule has 0 saturated heterocycles. The second-order valence-corrected chi connectivity index (χ2v) is 6.92. The van der Waals surface area contributed by atoms with Gasteiger partial charge in [-0.25, -0.2) is 0 Å². The molecule has 20 heavy (non-hydrogen) atoms. The van der Waals surface area contributed by atoms with Crippen molar-refractivity contribution in [3.8, 4) is 5.75 Å². The van der Waals surface area contributed by atoms with Crippen LogP contribution >= 0.6 is 15.9 Å². The largest absolute Gasteiger partial charge is 0.491 e. The summed E-state index contributed by atoms with van der Waals surface area (Å²) in [6, 6.07) is 7.24. The summed E-state index contributed by atoms with van der Waals surface area (Å²) in [5, 5.41) is 2.94. The fraction of sp³-hybridized carbons (Fsp3) is 0.562. The van der Waals surface area contributed by atoms with Crippen LogP contribution in [0.3, 0.4) is 0 Å². The molecule has 0 fully saturated rings. The third-order valence-corrected chi connectivity index (χ3v) is 3.40. The number of hydrogen-bond donors (Lipinski definition) is 1. The minimum atomic E-state index is -0.0469. The van der Waals surface area contributed by atoms with Crippen LogP contribution in [-0.4, -0.2) is 23.4 Å². The predicted octanol–water partition coefficient (Wildman–Crippen LogP) is 4.01. The maximum absolute atomic E-state index is 12.0. The molecule has 0 spiro atoms. The lowest BCUT2D eigenvalue weighted by Crippen LogP contribution is -2.30. The highest BCUT2D eigenvalue weighted by Crippen LogP contribution is 2.14. The number of rotatable bonds is 7. The van der Waals surface area contributed by atoms with Crippen LogP contribution in [0.15, 0.2) is 24.3 Å². The molecular formula is C16H24BrNO2. The van der Waals surface area contributed by atoms with Crippen molar-refractivity contribution in [3.63, 3.8) is 0 Å². The Balaban J connectivity index is 2.47. The first kappa shape index (κ1) is 17.0. The van der Waals surface area contributed by atoms with Crippen LogP contribution in [0.1, 0.15) is 44.5 Å². The first-order valence-electron chi connectivity index (χ1n) is 7.07. The molecule has 0 aromatic heterocycles. The third-order valence-electron chi connectivity index (χ3n) is 2.70. The van der Waals surface area contributed by atoms with Gasteiger partial charge in [0.2, 0.25) is 0 Å². The van der Waals surface area contributed by atoms with Gasteiger partial charge < -0.3 is 10.1 Å². The summed E-state index contributed by atoms with van der Waals surface area (Å²) in [6.45, 7) is 8.94. The van der Waals surface area contributed by atoms with Crippen LogP contribution in [0.25, 0.3) is 0 Å². The number of hydrogen-bond acceptors (Lipinski definition) is 2. The molecule has 1 rings (SSSR count). The topological polar surface area (TPSA) is 38.3 Å². The molecule has 112 valence electrons. The van der Waals surface area contributed by atoms with E-state index in [0.29, 0.717) is 22.9 Å². The first-order chi connectivity index (χ1) is 9.38. The van der Waals surface area contributed by atoms with Crippen molar-refractivity contribution in [2.45, 2.75) is 45.0 Å². The van der Waals surface area contributed by atoms with Crippen LogP contribution in [0.4, 0.5) is 0 Å². The van der Waals surface area contributed by atoms with Gasteiger partial charge >= 0.3 is 0 Å². The number of amides is 1. The van der Waals surface area contributed by atoms with Gasteiger partial charge in [-0.15, -0.1) is 0 Å². The van der Waals surface area contributed by atoms with Gasteiger partial charge in [0.15, 0.2) is 0 Å². The lowest BCUT2D eigenvalue weighted by atomic mass is 10.1. The zero-order valence-electron chi connectivity index (χ0n) is 12.7. The highest BCUT2D eigenvalue weighted by Gasteiger charge is 2.10. The summed E-state index contributed by atoms with van der Waals surface area (Å²) in [6.07, 6.45) is 1.18. The second kappa shape index (κ2) is 8.30. The summed E-state index contributed by atoms with van der Waals surface area (Å²) in [4.78, 5) is 12.3. The van der Waals surface area contributed by atoms with Crippen molar-refractivity contribution in [3.05, 3.63) is 29.8 Å². The van der Waals surface area contributed by atoms with Gasteiger partial charge in [-0.3, -0.25) is 4.79 Å². The molecule has 0 heterocycles. The zero-order valence-corrected chi connectivity index (χ0v) is 14.2. The normalized spacial score (nSPS) is 12.6. The van der Waals surface area contributed by atoms with E-state index in [1.54, 1.807) is 12.1 Å². The van der Waals surface area contributed by atoms with E-state index in [1.807, 2.05) is 26.0 Å². The molecule has 0 bridgehead atoms. The van der Waals surface area contributed by atoms with Gasteiger partial charge in [0.1, 0.15) is 5.75 Å². The first-order valence-corrected chi connectivity index (χ1v) is 7.99. The Labute approximate surface area is 130 Å². The molecule has 1 unspecified atom stereocenters. The van der Waals surface area contributed by atoms with Gasteiger partial charge in [-0.05, 0) is 50.5 Å². The van der Waals surface area contributed by atoms with Crippen molar-refractivity contribution in [1.29, 1.82) is 0 Å². The van der Waals surface area contributed by atoms with Crippen molar-refractivity contribution in [2.75, 3.05) is 6.54 Å². The van der Waals surface area contributed by atoms with E-state index >= 15 is 0 Å². The number of alkyl halides is 1. The number of benzene rings is 1. The van der Waals surface area contributed by atoms with Gasteiger partial charge in [0.25, 0.3) is 5.91 Å². The van der Waals surface area contributed by atoms with Crippen LogP contribution in [0.5, 0.6) is 5.75 Å². The Morgan fingerprint density at radius 2 is 1.80 bits per heavy atom. The van der Waals surface area contributed by atoms with Crippen molar-refractivity contribution >= 4 is 21.8 Å². The van der Waals surface area contributed by atoms with Crippen molar-refractivity contribution < 1.29 is 9.53 Å². The second-order valence-electron chi connectivity index (χ2n) is 5.63. The Kier molecular flexibility index (Phi) is 7.06. The number of halogens is 1. The van der Waals surface area contributed by atoms with Crippen molar-refractivity contribution in [1.82, 2.24) is 5.32 Å². The van der Waals surface area contributed by atoms with E-state index in [2.05, 4.69) is 35.1 Å². The molecule has 1 atom stereocenters. The van der Waals surface area contributed by atoms with E-state index in [1.165, 1.54) is 0 Å². The average Bonchev–Trinajstić information content (AvgIpc) is 2.35. The molecule has 1 N–H and O–H groups in total. The molecule has 0 aliphatic carbocycles. The molecule has 1 aromatic rings. The van der Waals surface area contributed by atoms with Crippen LogP contribution in [0, 0.1) is 5.92 Å². The number of carbonyl (C=O) groups excluding carboxylic acids is 1. The van der Waals surface area contributed by atoms with Gasteiger partial charge in [-0.2, -0.15) is 0 Å². The minimum Gasteiger partial charge on any atom is -0.491 e. The van der Waals surface area contributed by atoms with E-state index < -0.39 is 0 Å². The van der Waals surface area contributed by atoms with Gasteiger partial charge in [0.05, 0.1) is 6.10 Å². The Hall–Kier alpha value is -1.03. The Morgan fingerprint density at radius 3 is 2.30 bits per heavy atom. The zero-order chi connectivity index (χ0) is 15.1. The van der Waals surface area contributed by atoms with E-state index in [-0.39, 0.29) is 12.0 Å². The molecule has 0 aliphatic rings. The highest BCUT2D eigenvalue weighted by molar-refractivity contribution is 9.09. The van der Waals surface area contributed by atoms with Gasteiger partial charge in [-0.1, -0.05) is 29.8 Å². The Morgan fingerprint density at radius 1 is 1.20 bits per heavy atom. The third kappa shape index (κ3) is 6.42. The molecule has 0 saturated carbocycles. The fourth-order valence-corrected chi connectivity index (χ4v) is 2.77. The lowest BCUT2D eigenvalue weighted by Gasteiger charge is -2.14. The number of ether oxygens (including phenoxy) is 1.